The average molecular weight is 393 g/mol. The lowest BCUT2D eigenvalue weighted by molar-refractivity contribution is -0.139. The number of unbranched alkanes of at least 4 members (excludes halogenated alkanes) is 1. The third kappa shape index (κ3) is 5.36. The molecule has 1 aliphatic rings. The van der Waals surface area contributed by atoms with Crippen molar-refractivity contribution in [2.75, 3.05) is 11.9 Å². The number of hydrogen-bond donors (Lipinski definition) is 1. The van der Waals surface area contributed by atoms with Gasteiger partial charge in [-0.15, -0.1) is 0 Å². The summed E-state index contributed by atoms with van der Waals surface area (Å²) in [6.07, 6.45) is 3.98. The van der Waals surface area contributed by atoms with Crippen LogP contribution in [0, 0.1) is 0 Å². The maximum atomic E-state index is 13.2. The zero-order valence-electron chi connectivity index (χ0n) is 16.1. The van der Waals surface area contributed by atoms with Crippen LogP contribution in [0.25, 0.3) is 0 Å². The standard InChI is InChI=1S/C21H26F3N3O/c1-2-3-13-28-19-18(21(22,23)24)14-25-20(27-19)26-17-11-9-16(10-12-17)15-7-5-4-6-8-15/h9-12,14-15H,2-8,13H2,1H3,(H,25,26,27). The second kappa shape index (κ2) is 9.26. The Labute approximate surface area is 163 Å². The van der Waals surface area contributed by atoms with Gasteiger partial charge in [-0.1, -0.05) is 44.7 Å². The summed E-state index contributed by atoms with van der Waals surface area (Å²) in [4.78, 5) is 7.77. The maximum Gasteiger partial charge on any atom is 0.423 e. The number of rotatable bonds is 7. The van der Waals surface area contributed by atoms with Gasteiger partial charge in [-0.25, -0.2) is 4.98 Å². The van der Waals surface area contributed by atoms with Crippen LogP contribution in [-0.2, 0) is 6.18 Å². The molecule has 1 aromatic carbocycles. The van der Waals surface area contributed by atoms with Crippen LogP contribution in [0.15, 0.2) is 30.5 Å². The average Bonchev–Trinajstić information content (AvgIpc) is 2.69. The predicted octanol–water partition coefficient (Wildman–Crippen LogP) is 6.47. The third-order valence-corrected chi connectivity index (χ3v) is 5.04. The van der Waals surface area contributed by atoms with Gasteiger partial charge in [-0.2, -0.15) is 18.2 Å². The topological polar surface area (TPSA) is 47.0 Å². The number of halogens is 3. The van der Waals surface area contributed by atoms with Gasteiger partial charge >= 0.3 is 6.18 Å². The van der Waals surface area contributed by atoms with Crippen LogP contribution >= 0.6 is 0 Å². The van der Waals surface area contributed by atoms with Crippen LogP contribution < -0.4 is 10.1 Å². The summed E-state index contributed by atoms with van der Waals surface area (Å²) in [5, 5.41) is 2.97. The molecule has 3 rings (SSSR count). The molecule has 28 heavy (non-hydrogen) atoms. The highest BCUT2D eigenvalue weighted by atomic mass is 19.4. The van der Waals surface area contributed by atoms with Crippen LogP contribution in [0.1, 0.15) is 68.9 Å². The molecule has 0 amide bonds. The van der Waals surface area contributed by atoms with Gasteiger partial charge in [0, 0.05) is 11.9 Å². The van der Waals surface area contributed by atoms with E-state index in [1.165, 1.54) is 37.7 Å². The molecule has 0 unspecified atom stereocenters. The first-order chi connectivity index (χ1) is 13.5. The molecule has 1 aliphatic carbocycles. The Morgan fingerprint density at radius 1 is 1.11 bits per heavy atom. The molecule has 2 aromatic rings. The quantitative estimate of drug-likeness (QED) is 0.548. The molecule has 4 nitrogen and oxygen atoms in total. The molecule has 0 atom stereocenters. The molecular formula is C21H26F3N3O. The molecule has 1 N–H and O–H groups in total. The SMILES string of the molecule is CCCCOc1nc(Nc2ccc(C3CCCCC3)cc2)ncc1C(F)(F)F. The van der Waals surface area contributed by atoms with Crippen molar-refractivity contribution in [3.05, 3.63) is 41.6 Å². The van der Waals surface area contributed by atoms with Crippen LogP contribution in [0.3, 0.4) is 0 Å². The van der Waals surface area contributed by atoms with E-state index in [0.29, 0.717) is 12.3 Å². The van der Waals surface area contributed by atoms with E-state index in [1.807, 2.05) is 19.1 Å². The number of nitrogens with one attached hydrogen (secondary N) is 1. The lowest BCUT2D eigenvalue weighted by Gasteiger charge is -2.22. The van der Waals surface area contributed by atoms with Crippen LogP contribution in [0.4, 0.5) is 24.8 Å². The molecule has 1 saturated carbocycles. The second-order valence-electron chi connectivity index (χ2n) is 7.19. The van der Waals surface area contributed by atoms with Gasteiger partial charge in [0.25, 0.3) is 0 Å². The fourth-order valence-corrected chi connectivity index (χ4v) is 3.45. The molecule has 7 heteroatoms. The Morgan fingerprint density at radius 2 is 1.82 bits per heavy atom. The van der Waals surface area contributed by atoms with E-state index in [4.69, 9.17) is 4.74 Å². The van der Waals surface area contributed by atoms with Crippen molar-refractivity contribution in [2.24, 2.45) is 0 Å². The van der Waals surface area contributed by atoms with Gasteiger partial charge in [-0.05, 0) is 42.9 Å². The Morgan fingerprint density at radius 3 is 2.46 bits per heavy atom. The molecular weight excluding hydrogens is 367 g/mol. The van der Waals surface area contributed by atoms with Crippen LogP contribution in [0.2, 0.25) is 0 Å². The van der Waals surface area contributed by atoms with Crippen molar-refractivity contribution >= 4 is 11.6 Å². The first-order valence-corrected chi connectivity index (χ1v) is 9.91. The summed E-state index contributed by atoms with van der Waals surface area (Å²) in [7, 11) is 0. The number of aromatic nitrogens is 2. The van der Waals surface area contributed by atoms with E-state index in [9.17, 15) is 13.2 Å². The van der Waals surface area contributed by atoms with Gasteiger partial charge in [0.2, 0.25) is 11.8 Å². The van der Waals surface area contributed by atoms with E-state index < -0.39 is 17.6 Å². The van der Waals surface area contributed by atoms with E-state index in [1.54, 1.807) is 0 Å². The number of ether oxygens (including phenoxy) is 1. The van der Waals surface area contributed by atoms with Crippen molar-refractivity contribution < 1.29 is 17.9 Å². The Hall–Kier alpha value is -2.31. The molecule has 0 bridgehead atoms. The van der Waals surface area contributed by atoms with Gasteiger partial charge in [0.05, 0.1) is 6.61 Å². The molecule has 152 valence electrons. The third-order valence-electron chi connectivity index (χ3n) is 5.04. The summed E-state index contributed by atoms with van der Waals surface area (Å²) in [5.74, 6) is 0.255. The Balaban J connectivity index is 1.73. The zero-order chi connectivity index (χ0) is 20.0. The second-order valence-corrected chi connectivity index (χ2v) is 7.19. The Bertz CT molecular complexity index is 756. The fraction of sp³-hybridized carbons (Fsp3) is 0.524. The molecule has 1 aromatic heterocycles. The highest BCUT2D eigenvalue weighted by Crippen LogP contribution is 2.36. The highest BCUT2D eigenvalue weighted by Gasteiger charge is 2.36. The number of benzene rings is 1. The normalized spacial score (nSPS) is 15.4. The summed E-state index contributed by atoms with van der Waals surface area (Å²) in [5.41, 5.74) is 1.09. The first kappa shape index (κ1) is 20.4. The number of anilines is 2. The summed E-state index contributed by atoms with van der Waals surface area (Å²) >= 11 is 0. The van der Waals surface area contributed by atoms with Gasteiger partial charge in [0.1, 0.15) is 5.56 Å². The molecule has 0 spiro atoms. The smallest absolute Gasteiger partial charge is 0.423 e. The minimum Gasteiger partial charge on any atom is -0.477 e. The minimum absolute atomic E-state index is 0.0879. The van der Waals surface area contributed by atoms with Crippen molar-refractivity contribution in [2.45, 2.75) is 64.0 Å². The molecule has 1 heterocycles. The minimum atomic E-state index is -4.55. The number of hydrogen-bond acceptors (Lipinski definition) is 4. The monoisotopic (exact) mass is 393 g/mol. The van der Waals surface area contributed by atoms with Crippen molar-refractivity contribution in [3.8, 4) is 5.88 Å². The van der Waals surface area contributed by atoms with Gasteiger partial charge < -0.3 is 10.1 Å². The van der Waals surface area contributed by atoms with Gasteiger partial charge in [-0.3, -0.25) is 0 Å². The molecule has 0 radical (unpaired) electrons. The van der Waals surface area contributed by atoms with Gasteiger partial charge in [0.15, 0.2) is 0 Å². The van der Waals surface area contributed by atoms with E-state index in [0.717, 1.165) is 18.3 Å². The lowest BCUT2D eigenvalue weighted by atomic mass is 9.84. The number of nitrogens with zero attached hydrogens (tertiary/aromatic N) is 2. The first-order valence-electron chi connectivity index (χ1n) is 9.91. The van der Waals surface area contributed by atoms with E-state index >= 15 is 0 Å². The van der Waals surface area contributed by atoms with E-state index in [2.05, 4.69) is 27.4 Å². The predicted molar refractivity (Wildman–Crippen MR) is 103 cm³/mol. The largest absolute Gasteiger partial charge is 0.477 e. The number of alkyl halides is 3. The highest BCUT2D eigenvalue weighted by molar-refractivity contribution is 5.54. The summed E-state index contributed by atoms with van der Waals surface area (Å²) in [6, 6.07) is 7.98. The van der Waals surface area contributed by atoms with Crippen molar-refractivity contribution in [3.63, 3.8) is 0 Å². The molecule has 0 aliphatic heterocycles. The molecule has 1 fully saturated rings. The summed E-state index contributed by atoms with van der Waals surface area (Å²) < 4.78 is 44.7. The van der Waals surface area contributed by atoms with Crippen LogP contribution in [-0.4, -0.2) is 16.6 Å². The van der Waals surface area contributed by atoms with Crippen molar-refractivity contribution in [1.29, 1.82) is 0 Å². The summed E-state index contributed by atoms with van der Waals surface area (Å²) in [6.45, 7) is 2.13. The van der Waals surface area contributed by atoms with Crippen LogP contribution in [0.5, 0.6) is 5.88 Å². The fourth-order valence-electron chi connectivity index (χ4n) is 3.45. The lowest BCUT2D eigenvalue weighted by Crippen LogP contribution is -2.13. The Kier molecular flexibility index (Phi) is 6.75. The molecule has 0 saturated heterocycles. The maximum absolute atomic E-state index is 13.2. The van der Waals surface area contributed by atoms with Crippen molar-refractivity contribution in [1.82, 2.24) is 9.97 Å². The van der Waals surface area contributed by atoms with E-state index in [-0.39, 0.29) is 12.6 Å². The zero-order valence-corrected chi connectivity index (χ0v) is 16.1.